The summed E-state index contributed by atoms with van der Waals surface area (Å²) in [6, 6.07) is 11.8. The van der Waals surface area contributed by atoms with Crippen LogP contribution in [0.15, 0.2) is 52.9 Å². The Balaban J connectivity index is 1.69. The van der Waals surface area contributed by atoms with Crippen LogP contribution in [0.4, 0.5) is 10.1 Å². The summed E-state index contributed by atoms with van der Waals surface area (Å²) in [5, 5.41) is 14.0. The Bertz CT molecular complexity index is 1080. The van der Waals surface area contributed by atoms with Crippen LogP contribution in [0.5, 0.6) is 11.5 Å². The molecule has 3 rings (SSSR count). The van der Waals surface area contributed by atoms with Crippen molar-refractivity contribution >= 4 is 11.6 Å². The third-order valence-electron chi connectivity index (χ3n) is 4.43. The molecule has 1 heterocycles. The zero-order valence-corrected chi connectivity index (χ0v) is 16.3. The lowest BCUT2D eigenvalue weighted by atomic mass is 10.1. The predicted molar refractivity (Wildman–Crippen MR) is 106 cm³/mol. The first kappa shape index (κ1) is 20.8. The molecule has 2 aromatic carbocycles. The van der Waals surface area contributed by atoms with Gasteiger partial charge in [0.25, 0.3) is 11.6 Å². The van der Waals surface area contributed by atoms with Gasteiger partial charge in [0.15, 0.2) is 17.3 Å². The molecule has 0 aliphatic rings. The minimum Gasteiger partial charge on any atom is -0.493 e. The smallest absolute Gasteiger partial charge is 0.287 e. The molecule has 0 saturated heterocycles. The zero-order chi connectivity index (χ0) is 21.7. The number of benzene rings is 2. The molecular weight excluding hydrogens is 395 g/mol. The lowest BCUT2D eigenvalue weighted by Gasteiger charge is -2.11. The van der Waals surface area contributed by atoms with Gasteiger partial charge in [-0.3, -0.25) is 14.9 Å². The largest absolute Gasteiger partial charge is 0.493 e. The van der Waals surface area contributed by atoms with Crippen LogP contribution in [-0.2, 0) is 6.42 Å². The van der Waals surface area contributed by atoms with Gasteiger partial charge in [0.2, 0.25) is 0 Å². The predicted octanol–water partition coefficient (Wildman–Crippen LogP) is 3.98. The average Bonchev–Trinajstić information content (AvgIpc) is 3.23. The zero-order valence-electron chi connectivity index (χ0n) is 16.3. The molecule has 0 atom stereocenters. The molecule has 3 aromatic rings. The van der Waals surface area contributed by atoms with Gasteiger partial charge in [-0.05, 0) is 36.8 Å². The van der Waals surface area contributed by atoms with Crippen LogP contribution in [-0.4, -0.2) is 31.6 Å². The van der Waals surface area contributed by atoms with Crippen molar-refractivity contribution in [1.82, 2.24) is 5.32 Å². The summed E-state index contributed by atoms with van der Waals surface area (Å²) in [4.78, 5) is 23.2. The fourth-order valence-corrected chi connectivity index (χ4v) is 2.94. The highest BCUT2D eigenvalue weighted by Gasteiger charge is 2.20. The van der Waals surface area contributed by atoms with Gasteiger partial charge in [-0.1, -0.05) is 12.1 Å². The van der Waals surface area contributed by atoms with Crippen molar-refractivity contribution in [2.75, 3.05) is 20.8 Å². The van der Waals surface area contributed by atoms with E-state index in [1.807, 2.05) is 0 Å². The van der Waals surface area contributed by atoms with Crippen LogP contribution in [0.1, 0.15) is 16.1 Å². The molecule has 0 radical (unpaired) electrons. The molecule has 0 aliphatic carbocycles. The number of carbonyl (C=O) groups is 1. The van der Waals surface area contributed by atoms with Crippen molar-refractivity contribution in [2.45, 2.75) is 6.42 Å². The van der Waals surface area contributed by atoms with E-state index in [2.05, 4.69) is 5.32 Å². The van der Waals surface area contributed by atoms with E-state index < -0.39 is 16.6 Å². The molecule has 156 valence electrons. The number of nitrogens with zero attached hydrogens (tertiary/aromatic N) is 1. The molecule has 1 aromatic heterocycles. The maximum atomic E-state index is 13.9. The summed E-state index contributed by atoms with van der Waals surface area (Å²) >= 11 is 0. The second kappa shape index (κ2) is 9.08. The van der Waals surface area contributed by atoms with Gasteiger partial charge in [0.1, 0.15) is 11.6 Å². The highest BCUT2D eigenvalue weighted by Crippen LogP contribution is 2.34. The van der Waals surface area contributed by atoms with E-state index in [0.717, 1.165) is 0 Å². The Kier molecular flexibility index (Phi) is 6.31. The minimum absolute atomic E-state index is 0.00932. The maximum Gasteiger partial charge on any atom is 0.287 e. The number of amides is 1. The Morgan fingerprint density at radius 1 is 1.13 bits per heavy atom. The van der Waals surface area contributed by atoms with Gasteiger partial charge in [-0.15, -0.1) is 0 Å². The van der Waals surface area contributed by atoms with E-state index in [9.17, 15) is 19.3 Å². The van der Waals surface area contributed by atoms with Crippen LogP contribution in [0.25, 0.3) is 11.3 Å². The summed E-state index contributed by atoms with van der Waals surface area (Å²) in [5.41, 5.74) is 0.490. The molecular formula is C21H19FN2O6. The quantitative estimate of drug-likeness (QED) is 0.442. The van der Waals surface area contributed by atoms with E-state index in [-0.39, 0.29) is 41.5 Å². The number of nitrogens with one attached hydrogen (secondary N) is 1. The normalized spacial score (nSPS) is 10.5. The van der Waals surface area contributed by atoms with Crippen LogP contribution in [0.3, 0.4) is 0 Å². The first-order valence-corrected chi connectivity index (χ1v) is 8.96. The molecule has 1 amide bonds. The SMILES string of the molecule is COc1cc(CCNC(=O)c2ccc(-c3ccccc3F)o2)c([N+](=O)[O-])cc1OC. The molecule has 9 heteroatoms. The number of methoxy groups -OCH3 is 2. The van der Waals surface area contributed by atoms with E-state index in [1.54, 1.807) is 18.2 Å². The Labute approximate surface area is 171 Å². The standard InChI is InChI=1S/C21H19FN2O6/c1-28-19-11-13(16(24(26)27)12-20(19)29-2)9-10-23-21(25)18-8-7-17(30-18)14-5-3-4-6-15(14)22/h3-8,11-12H,9-10H2,1-2H3,(H,23,25). The number of halogens is 1. The van der Waals surface area contributed by atoms with E-state index in [4.69, 9.17) is 13.9 Å². The van der Waals surface area contributed by atoms with Crippen molar-refractivity contribution < 1.29 is 28.0 Å². The second-order valence-electron chi connectivity index (χ2n) is 6.24. The fourth-order valence-electron chi connectivity index (χ4n) is 2.94. The molecule has 1 N–H and O–H groups in total. The first-order chi connectivity index (χ1) is 14.4. The van der Waals surface area contributed by atoms with Crippen LogP contribution in [0.2, 0.25) is 0 Å². The summed E-state index contributed by atoms with van der Waals surface area (Å²) in [6.07, 6.45) is 0.184. The lowest BCUT2D eigenvalue weighted by Crippen LogP contribution is -2.25. The fraction of sp³-hybridized carbons (Fsp3) is 0.190. The van der Waals surface area contributed by atoms with E-state index in [1.165, 1.54) is 44.6 Å². The van der Waals surface area contributed by atoms with Gasteiger partial charge in [0, 0.05) is 12.1 Å². The number of nitro groups is 1. The summed E-state index contributed by atoms with van der Waals surface area (Å²) in [7, 11) is 2.82. The summed E-state index contributed by atoms with van der Waals surface area (Å²) in [5.74, 6) is -0.137. The van der Waals surface area contributed by atoms with Crippen molar-refractivity contribution in [2.24, 2.45) is 0 Å². The first-order valence-electron chi connectivity index (χ1n) is 8.96. The van der Waals surface area contributed by atoms with E-state index >= 15 is 0 Å². The third-order valence-corrected chi connectivity index (χ3v) is 4.43. The Hall–Kier alpha value is -3.88. The van der Waals surface area contributed by atoms with Crippen LogP contribution >= 0.6 is 0 Å². The lowest BCUT2D eigenvalue weighted by molar-refractivity contribution is -0.385. The summed E-state index contributed by atoms with van der Waals surface area (Å²) in [6.45, 7) is 0.116. The number of furan rings is 1. The van der Waals surface area contributed by atoms with Gasteiger partial charge >= 0.3 is 0 Å². The highest BCUT2D eigenvalue weighted by atomic mass is 19.1. The van der Waals surface area contributed by atoms with Crippen molar-refractivity contribution in [3.8, 4) is 22.8 Å². The molecule has 0 spiro atoms. The van der Waals surface area contributed by atoms with Crippen molar-refractivity contribution in [3.63, 3.8) is 0 Å². The number of ether oxygens (including phenoxy) is 2. The van der Waals surface area contributed by atoms with Gasteiger partial charge in [-0.25, -0.2) is 4.39 Å². The molecule has 0 fully saturated rings. The maximum absolute atomic E-state index is 13.9. The number of carbonyl (C=O) groups excluding carboxylic acids is 1. The summed E-state index contributed by atoms with van der Waals surface area (Å²) < 4.78 is 29.6. The van der Waals surface area contributed by atoms with Gasteiger partial charge in [-0.2, -0.15) is 0 Å². The van der Waals surface area contributed by atoms with Crippen LogP contribution < -0.4 is 14.8 Å². The van der Waals surface area contributed by atoms with Crippen LogP contribution in [0, 0.1) is 15.9 Å². The molecule has 0 saturated carbocycles. The van der Waals surface area contributed by atoms with Crippen molar-refractivity contribution in [3.05, 3.63) is 75.8 Å². The molecule has 8 nitrogen and oxygen atoms in total. The average molecular weight is 414 g/mol. The molecule has 0 bridgehead atoms. The number of nitro benzene ring substituents is 1. The van der Waals surface area contributed by atoms with E-state index in [0.29, 0.717) is 11.3 Å². The molecule has 0 unspecified atom stereocenters. The molecule has 30 heavy (non-hydrogen) atoms. The van der Waals surface area contributed by atoms with Crippen molar-refractivity contribution in [1.29, 1.82) is 0 Å². The topological polar surface area (TPSA) is 104 Å². The van der Waals surface area contributed by atoms with Gasteiger partial charge in [0.05, 0.1) is 30.8 Å². The monoisotopic (exact) mass is 414 g/mol. The molecule has 0 aliphatic heterocycles. The number of hydrogen-bond donors (Lipinski definition) is 1. The Morgan fingerprint density at radius 3 is 2.50 bits per heavy atom. The minimum atomic E-state index is -0.522. The highest BCUT2D eigenvalue weighted by molar-refractivity contribution is 5.92. The Morgan fingerprint density at radius 2 is 1.83 bits per heavy atom. The third kappa shape index (κ3) is 4.40. The second-order valence-corrected chi connectivity index (χ2v) is 6.24. The van der Waals surface area contributed by atoms with Gasteiger partial charge < -0.3 is 19.2 Å². The number of rotatable bonds is 8. The number of hydrogen-bond acceptors (Lipinski definition) is 6.